The Bertz CT molecular complexity index is 504. The lowest BCUT2D eigenvalue weighted by atomic mass is 10.1. The number of rotatable bonds is 5. The van der Waals surface area contributed by atoms with E-state index in [0.29, 0.717) is 5.56 Å². The molecule has 1 heterocycles. The standard InChI is InChI=1S/C13H15N3O2/c14-13(16-17)12-3-1-10(2-4-12)7-15-8-11-5-6-18-9-11/h1-6,9,15,17H,7-8H2,(H2,14,16). The van der Waals surface area contributed by atoms with Crippen molar-refractivity contribution in [3.05, 3.63) is 59.5 Å². The average molecular weight is 245 g/mol. The Morgan fingerprint density at radius 3 is 2.50 bits per heavy atom. The minimum atomic E-state index is 0.118. The first kappa shape index (κ1) is 12.2. The lowest BCUT2D eigenvalue weighted by molar-refractivity contribution is 0.318. The zero-order valence-corrected chi connectivity index (χ0v) is 9.84. The molecular formula is C13H15N3O2. The normalized spacial score (nSPS) is 11.7. The molecule has 2 rings (SSSR count). The van der Waals surface area contributed by atoms with Crippen molar-refractivity contribution in [1.82, 2.24) is 5.32 Å². The van der Waals surface area contributed by atoms with Crippen LogP contribution in [-0.4, -0.2) is 11.0 Å². The van der Waals surface area contributed by atoms with Crippen LogP contribution < -0.4 is 11.1 Å². The van der Waals surface area contributed by atoms with Crippen LogP contribution >= 0.6 is 0 Å². The van der Waals surface area contributed by atoms with Gasteiger partial charge in [-0.1, -0.05) is 29.4 Å². The number of furan rings is 1. The molecule has 1 aromatic carbocycles. The maximum atomic E-state index is 8.55. The van der Waals surface area contributed by atoms with Crippen molar-refractivity contribution in [2.45, 2.75) is 13.1 Å². The summed E-state index contributed by atoms with van der Waals surface area (Å²) in [7, 11) is 0. The highest BCUT2D eigenvalue weighted by Crippen LogP contribution is 2.05. The Hall–Kier alpha value is -2.27. The van der Waals surface area contributed by atoms with Crippen molar-refractivity contribution in [2.75, 3.05) is 0 Å². The number of hydrogen-bond donors (Lipinski definition) is 3. The van der Waals surface area contributed by atoms with Crippen LogP contribution in [0, 0.1) is 0 Å². The van der Waals surface area contributed by atoms with E-state index in [4.69, 9.17) is 15.4 Å². The van der Waals surface area contributed by atoms with Crippen LogP contribution in [0.4, 0.5) is 0 Å². The molecule has 5 heteroatoms. The Labute approximate surface area is 105 Å². The van der Waals surface area contributed by atoms with Gasteiger partial charge < -0.3 is 20.7 Å². The Kier molecular flexibility index (Phi) is 3.98. The summed E-state index contributed by atoms with van der Waals surface area (Å²) in [6, 6.07) is 9.45. The summed E-state index contributed by atoms with van der Waals surface area (Å²) < 4.78 is 4.98. The highest BCUT2D eigenvalue weighted by Gasteiger charge is 1.99. The summed E-state index contributed by atoms with van der Waals surface area (Å²) in [5.74, 6) is 0.118. The fraction of sp³-hybridized carbons (Fsp3) is 0.154. The Morgan fingerprint density at radius 1 is 1.17 bits per heavy atom. The quantitative estimate of drug-likeness (QED) is 0.324. The molecule has 0 unspecified atom stereocenters. The van der Waals surface area contributed by atoms with Gasteiger partial charge in [0, 0.05) is 24.2 Å². The molecule has 0 saturated carbocycles. The topological polar surface area (TPSA) is 83.8 Å². The van der Waals surface area contributed by atoms with Gasteiger partial charge in [-0.3, -0.25) is 0 Å². The Morgan fingerprint density at radius 2 is 1.89 bits per heavy atom. The number of benzene rings is 1. The van der Waals surface area contributed by atoms with Crippen molar-refractivity contribution in [2.24, 2.45) is 10.9 Å². The second-order valence-electron chi connectivity index (χ2n) is 3.92. The zero-order valence-electron chi connectivity index (χ0n) is 9.84. The van der Waals surface area contributed by atoms with Crippen molar-refractivity contribution < 1.29 is 9.62 Å². The van der Waals surface area contributed by atoms with E-state index in [-0.39, 0.29) is 5.84 Å². The van der Waals surface area contributed by atoms with Gasteiger partial charge in [-0.15, -0.1) is 0 Å². The fourth-order valence-corrected chi connectivity index (χ4v) is 1.60. The van der Waals surface area contributed by atoms with Gasteiger partial charge in [0.2, 0.25) is 0 Å². The molecule has 0 radical (unpaired) electrons. The number of nitrogens with two attached hydrogens (primary N) is 1. The molecular weight excluding hydrogens is 230 g/mol. The summed E-state index contributed by atoms with van der Waals surface area (Å²) in [6.45, 7) is 1.51. The van der Waals surface area contributed by atoms with E-state index in [1.807, 2.05) is 30.3 Å². The summed E-state index contributed by atoms with van der Waals surface area (Å²) in [6.07, 6.45) is 3.37. The average Bonchev–Trinajstić information content (AvgIpc) is 2.92. The van der Waals surface area contributed by atoms with Crippen LogP contribution in [0.3, 0.4) is 0 Å². The van der Waals surface area contributed by atoms with Gasteiger partial charge in [0.25, 0.3) is 0 Å². The van der Waals surface area contributed by atoms with Gasteiger partial charge >= 0.3 is 0 Å². The summed E-state index contributed by atoms with van der Waals surface area (Å²) >= 11 is 0. The van der Waals surface area contributed by atoms with Crippen LogP contribution in [0.5, 0.6) is 0 Å². The molecule has 0 saturated heterocycles. The van der Waals surface area contributed by atoms with Gasteiger partial charge in [-0.05, 0) is 11.6 Å². The predicted molar refractivity (Wildman–Crippen MR) is 68.2 cm³/mol. The third-order valence-electron chi connectivity index (χ3n) is 2.60. The Balaban J connectivity index is 1.87. The van der Waals surface area contributed by atoms with Crippen LogP contribution in [0.1, 0.15) is 16.7 Å². The second-order valence-corrected chi connectivity index (χ2v) is 3.92. The van der Waals surface area contributed by atoms with Crippen LogP contribution in [0.15, 0.2) is 52.4 Å². The number of amidine groups is 1. The second kappa shape index (κ2) is 5.88. The maximum absolute atomic E-state index is 8.55. The molecule has 18 heavy (non-hydrogen) atoms. The minimum Gasteiger partial charge on any atom is -0.472 e. The predicted octanol–water partition coefficient (Wildman–Crippen LogP) is 1.66. The lowest BCUT2D eigenvalue weighted by Gasteiger charge is -2.04. The monoisotopic (exact) mass is 245 g/mol. The molecule has 4 N–H and O–H groups in total. The molecule has 0 aliphatic heterocycles. The van der Waals surface area contributed by atoms with Crippen molar-refractivity contribution in [3.63, 3.8) is 0 Å². The zero-order chi connectivity index (χ0) is 12.8. The van der Waals surface area contributed by atoms with Gasteiger partial charge in [0.15, 0.2) is 5.84 Å². The van der Waals surface area contributed by atoms with Crippen LogP contribution in [-0.2, 0) is 13.1 Å². The van der Waals surface area contributed by atoms with Gasteiger partial charge in [-0.25, -0.2) is 0 Å². The fourth-order valence-electron chi connectivity index (χ4n) is 1.60. The van der Waals surface area contributed by atoms with Gasteiger partial charge in [0.05, 0.1) is 12.5 Å². The van der Waals surface area contributed by atoms with E-state index in [0.717, 1.165) is 24.2 Å². The number of nitrogens with one attached hydrogen (secondary N) is 1. The van der Waals surface area contributed by atoms with Gasteiger partial charge in [-0.2, -0.15) is 0 Å². The number of hydrogen-bond acceptors (Lipinski definition) is 4. The van der Waals surface area contributed by atoms with Crippen LogP contribution in [0.2, 0.25) is 0 Å². The third kappa shape index (κ3) is 3.11. The number of nitrogens with zero attached hydrogens (tertiary/aromatic N) is 1. The van der Waals surface area contributed by atoms with Crippen molar-refractivity contribution in [3.8, 4) is 0 Å². The van der Waals surface area contributed by atoms with E-state index in [9.17, 15) is 0 Å². The van der Waals surface area contributed by atoms with Crippen LogP contribution in [0.25, 0.3) is 0 Å². The van der Waals surface area contributed by atoms with E-state index < -0.39 is 0 Å². The first-order valence-corrected chi connectivity index (χ1v) is 5.58. The number of oxime groups is 1. The third-order valence-corrected chi connectivity index (χ3v) is 2.60. The minimum absolute atomic E-state index is 0.118. The van der Waals surface area contributed by atoms with Gasteiger partial charge in [0.1, 0.15) is 0 Å². The highest BCUT2D eigenvalue weighted by molar-refractivity contribution is 5.96. The van der Waals surface area contributed by atoms with Crippen molar-refractivity contribution >= 4 is 5.84 Å². The summed E-state index contributed by atoms with van der Waals surface area (Å²) in [5, 5.41) is 14.8. The summed E-state index contributed by atoms with van der Waals surface area (Å²) in [4.78, 5) is 0. The molecule has 0 atom stereocenters. The van der Waals surface area contributed by atoms with E-state index >= 15 is 0 Å². The molecule has 0 spiro atoms. The van der Waals surface area contributed by atoms with Crippen molar-refractivity contribution in [1.29, 1.82) is 0 Å². The molecule has 0 bridgehead atoms. The molecule has 94 valence electrons. The van der Waals surface area contributed by atoms with E-state index in [1.54, 1.807) is 12.5 Å². The molecule has 0 aliphatic carbocycles. The maximum Gasteiger partial charge on any atom is 0.170 e. The summed E-state index contributed by atoms with van der Waals surface area (Å²) in [5.41, 5.74) is 8.43. The first-order chi connectivity index (χ1) is 8.79. The SMILES string of the molecule is N/C(=N/O)c1ccc(CNCc2ccoc2)cc1. The highest BCUT2D eigenvalue weighted by atomic mass is 16.4. The largest absolute Gasteiger partial charge is 0.472 e. The molecule has 0 amide bonds. The smallest absolute Gasteiger partial charge is 0.170 e. The first-order valence-electron chi connectivity index (χ1n) is 5.58. The lowest BCUT2D eigenvalue weighted by Crippen LogP contribution is -2.14. The molecule has 1 aromatic heterocycles. The van der Waals surface area contributed by atoms with E-state index in [2.05, 4.69) is 10.5 Å². The van der Waals surface area contributed by atoms with E-state index in [1.165, 1.54) is 0 Å². The molecule has 0 aliphatic rings. The molecule has 2 aromatic rings. The molecule has 5 nitrogen and oxygen atoms in total. The molecule has 0 fully saturated rings.